The zero-order valence-corrected chi connectivity index (χ0v) is 13.8. The zero-order valence-electron chi connectivity index (χ0n) is 13.8. The quantitative estimate of drug-likeness (QED) is 0.819. The number of carbonyl (C=O) groups is 1. The van der Waals surface area contributed by atoms with Crippen LogP contribution in [0, 0.1) is 13.8 Å². The van der Waals surface area contributed by atoms with Crippen LogP contribution >= 0.6 is 0 Å². The van der Waals surface area contributed by atoms with Crippen molar-refractivity contribution in [3.63, 3.8) is 0 Å². The molecule has 23 heavy (non-hydrogen) atoms. The Hall–Kier alpha value is -2.34. The highest BCUT2D eigenvalue weighted by Gasteiger charge is 2.19. The zero-order chi connectivity index (χ0) is 16.8. The Morgan fingerprint density at radius 3 is 2.61 bits per heavy atom. The summed E-state index contributed by atoms with van der Waals surface area (Å²) in [5.74, 6) is 1.50. The van der Waals surface area contributed by atoms with Gasteiger partial charge in [0.25, 0.3) is 0 Å². The maximum atomic E-state index is 12.2. The van der Waals surface area contributed by atoms with Crippen molar-refractivity contribution in [2.45, 2.75) is 33.1 Å². The van der Waals surface area contributed by atoms with Crippen LogP contribution in [0.4, 0.5) is 5.69 Å². The maximum Gasteiger partial charge on any atom is 0.224 e. The summed E-state index contributed by atoms with van der Waals surface area (Å²) in [4.78, 5) is 12.2. The summed E-state index contributed by atoms with van der Waals surface area (Å²) >= 11 is 0. The molecule has 0 aliphatic heterocycles. The van der Waals surface area contributed by atoms with Crippen LogP contribution in [0.25, 0.3) is 0 Å². The van der Waals surface area contributed by atoms with Crippen molar-refractivity contribution in [2.24, 2.45) is 5.73 Å². The van der Waals surface area contributed by atoms with Crippen molar-refractivity contribution in [3.8, 4) is 5.75 Å². The molecule has 0 spiro atoms. The molecule has 2 aromatic rings. The number of rotatable bonds is 7. The number of nitrogens with zero attached hydrogens (tertiary/aromatic N) is 1. The SMILES string of the molecule is Cc1noc(C)c1C(C)CC(=O)Nc1ccc(OCCN)cc1. The average molecular weight is 317 g/mol. The van der Waals surface area contributed by atoms with Gasteiger partial charge < -0.3 is 20.3 Å². The summed E-state index contributed by atoms with van der Waals surface area (Å²) in [5.41, 5.74) is 7.97. The molecule has 0 saturated carbocycles. The van der Waals surface area contributed by atoms with Gasteiger partial charge in [-0.2, -0.15) is 0 Å². The number of nitrogens with one attached hydrogen (secondary N) is 1. The molecule has 1 atom stereocenters. The standard InChI is InChI=1S/C17H23N3O3/c1-11(17-12(2)20-23-13(17)3)10-16(21)19-14-4-6-15(7-5-14)22-9-8-18/h4-7,11H,8-10,18H2,1-3H3,(H,19,21). The van der Waals surface area contributed by atoms with Gasteiger partial charge in [0.1, 0.15) is 18.1 Å². The van der Waals surface area contributed by atoms with Gasteiger partial charge >= 0.3 is 0 Å². The van der Waals surface area contributed by atoms with E-state index in [-0.39, 0.29) is 11.8 Å². The molecule has 0 fully saturated rings. The number of carbonyl (C=O) groups excluding carboxylic acids is 1. The van der Waals surface area contributed by atoms with Gasteiger partial charge in [-0.05, 0) is 44.0 Å². The monoisotopic (exact) mass is 317 g/mol. The first-order valence-corrected chi connectivity index (χ1v) is 7.66. The highest BCUT2D eigenvalue weighted by molar-refractivity contribution is 5.91. The Morgan fingerprint density at radius 1 is 1.35 bits per heavy atom. The number of benzene rings is 1. The molecule has 0 aliphatic rings. The lowest BCUT2D eigenvalue weighted by molar-refractivity contribution is -0.116. The fourth-order valence-corrected chi connectivity index (χ4v) is 2.60. The van der Waals surface area contributed by atoms with E-state index < -0.39 is 0 Å². The van der Waals surface area contributed by atoms with Gasteiger partial charge in [-0.1, -0.05) is 12.1 Å². The van der Waals surface area contributed by atoms with E-state index in [2.05, 4.69) is 10.5 Å². The molecule has 3 N–H and O–H groups in total. The molecule has 0 radical (unpaired) electrons. The third-order valence-corrected chi connectivity index (χ3v) is 3.60. The van der Waals surface area contributed by atoms with Crippen LogP contribution in [0.15, 0.2) is 28.8 Å². The predicted molar refractivity (Wildman–Crippen MR) is 88.6 cm³/mol. The van der Waals surface area contributed by atoms with E-state index in [0.717, 1.165) is 28.5 Å². The van der Waals surface area contributed by atoms with E-state index in [9.17, 15) is 4.79 Å². The summed E-state index contributed by atoms with van der Waals surface area (Å²) in [6, 6.07) is 7.24. The van der Waals surface area contributed by atoms with Gasteiger partial charge in [-0.3, -0.25) is 4.79 Å². The van der Waals surface area contributed by atoms with Crippen LogP contribution in [0.3, 0.4) is 0 Å². The van der Waals surface area contributed by atoms with Gasteiger partial charge in [-0.25, -0.2) is 0 Å². The first-order valence-electron chi connectivity index (χ1n) is 7.66. The van der Waals surface area contributed by atoms with Crippen molar-refractivity contribution < 1.29 is 14.1 Å². The van der Waals surface area contributed by atoms with Gasteiger partial charge in [-0.15, -0.1) is 0 Å². The molecule has 1 aromatic carbocycles. The normalized spacial score (nSPS) is 12.0. The molecule has 0 saturated heterocycles. The molecule has 0 bridgehead atoms. The lowest BCUT2D eigenvalue weighted by Gasteiger charge is -2.12. The van der Waals surface area contributed by atoms with E-state index in [4.69, 9.17) is 15.0 Å². The summed E-state index contributed by atoms with van der Waals surface area (Å²) in [6.45, 7) is 6.69. The number of aromatic nitrogens is 1. The molecule has 6 heteroatoms. The number of nitrogens with two attached hydrogens (primary N) is 1. The van der Waals surface area contributed by atoms with Crippen molar-refractivity contribution in [1.82, 2.24) is 5.16 Å². The predicted octanol–water partition coefficient (Wildman–Crippen LogP) is 2.76. The molecule has 1 amide bonds. The Kier molecular flexibility index (Phi) is 5.76. The maximum absolute atomic E-state index is 12.2. The minimum absolute atomic E-state index is 0.0480. The van der Waals surface area contributed by atoms with E-state index in [1.54, 1.807) is 0 Å². The molecule has 2 rings (SSSR count). The van der Waals surface area contributed by atoms with E-state index >= 15 is 0 Å². The van der Waals surface area contributed by atoms with Crippen LogP contribution in [0.1, 0.15) is 36.3 Å². The molecule has 1 aromatic heterocycles. The highest BCUT2D eigenvalue weighted by Crippen LogP contribution is 2.26. The summed E-state index contributed by atoms with van der Waals surface area (Å²) in [7, 11) is 0. The van der Waals surface area contributed by atoms with Crippen LogP contribution in [-0.2, 0) is 4.79 Å². The van der Waals surface area contributed by atoms with Crippen LogP contribution in [-0.4, -0.2) is 24.2 Å². The lowest BCUT2D eigenvalue weighted by Crippen LogP contribution is -2.15. The second kappa shape index (κ2) is 7.78. The molecule has 6 nitrogen and oxygen atoms in total. The molecule has 124 valence electrons. The second-order valence-electron chi connectivity index (χ2n) is 5.55. The van der Waals surface area contributed by atoms with Crippen molar-refractivity contribution >= 4 is 11.6 Å². The molecular formula is C17H23N3O3. The minimum Gasteiger partial charge on any atom is -0.492 e. The summed E-state index contributed by atoms with van der Waals surface area (Å²) in [5, 5.41) is 6.82. The van der Waals surface area contributed by atoms with Gasteiger partial charge in [0, 0.05) is 24.2 Å². The Balaban J connectivity index is 1.91. The number of anilines is 1. The smallest absolute Gasteiger partial charge is 0.224 e. The Bertz CT molecular complexity index is 630. The third-order valence-electron chi connectivity index (χ3n) is 3.60. The van der Waals surface area contributed by atoms with Crippen LogP contribution in [0.5, 0.6) is 5.75 Å². The largest absolute Gasteiger partial charge is 0.492 e. The number of ether oxygens (including phenoxy) is 1. The third kappa shape index (κ3) is 4.56. The number of aryl methyl sites for hydroxylation is 2. The number of amides is 1. The minimum atomic E-state index is -0.0480. The van der Waals surface area contributed by atoms with E-state index in [1.807, 2.05) is 45.0 Å². The number of hydrogen-bond donors (Lipinski definition) is 2. The van der Waals surface area contributed by atoms with Crippen molar-refractivity contribution in [3.05, 3.63) is 41.3 Å². The summed E-state index contributed by atoms with van der Waals surface area (Å²) in [6.07, 6.45) is 0.369. The second-order valence-corrected chi connectivity index (χ2v) is 5.55. The fraction of sp³-hybridized carbons (Fsp3) is 0.412. The van der Waals surface area contributed by atoms with Crippen molar-refractivity contribution in [1.29, 1.82) is 0 Å². The topological polar surface area (TPSA) is 90.4 Å². The average Bonchev–Trinajstić information content (AvgIpc) is 2.85. The molecule has 0 aliphatic carbocycles. The summed E-state index contributed by atoms with van der Waals surface area (Å²) < 4.78 is 10.6. The van der Waals surface area contributed by atoms with Crippen LogP contribution < -0.4 is 15.8 Å². The highest BCUT2D eigenvalue weighted by atomic mass is 16.5. The fourth-order valence-electron chi connectivity index (χ4n) is 2.60. The Morgan fingerprint density at radius 2 is 2.04 bits per heavy atom. The molecule has 1 heterocycles. The van der Waals surface area contributed by atoms with E-state index in [1.165, 1.54) is 0 Å². The lowest BCUT2D eigenvalue weighted by atomic mass is 9.96. The van der Waals surface area contributed by atoms with Gasteiger partial charge in [0.15, 0.2) is 0 Å². The molecular weight excluding hydrogens is 294 g/mol. The van der Waals surface area contributed by atoms with Crippen LogP contribution in [0.2, 0.25) is 0 Å². The van der Waals surface area contributed by atoms with Gasteiger partial charge in [0.05, 0.1) is 5.69 Å². The van der Waals surface area contributed by atoms with Crippen molar-refractivity contribution in [2.75, 3.05) is 18.5 Å². The molecule has 1 unspecified atom stereocenters. The number of hydrogen-bond acceptors (Lipinski definition) is 5. The first kappa shape index (κ1) is 17.0. The first-order chi connectivity index (χ1) is 11.0. The van der Waals surface area contributed by atoms with Gasteiger partial charge in [0.2, 0.25) is 5.91 Å². The Labute approximate surface area is 136 Å². The van der Waals surface area contributed by atoms with E-state index in [0.29, 0.717) is 19.6 Å².